The maximum Gasteiger partial charge on any atom is 0.314 e. The molecule has 6 heteroatoms. The van der Waals surface area contributed by atoms with Crippen molar-refractivity contribution in [3.8, 4) is 0 Å². The third kappa shape index (κ3) is 3.34. The summed E-state index contributed by atoms with van der Waals surface area (Å²) in [5.41, 5.74) is 0. The van der Waals surface area contributed by atoms with Gasteiger partial charge in [-0.3, -0.25) is 19.2 Å². The molecule has 0 saturated carbocycles. The van der Waals surface area contributed by atoms with Gasteiger partial charge in [0.2, 0.25) is 0 Å². The molecule has 0 aromatic rings. The second-order valence-corrected chi connectivity index (χ2v) is 2.69. The first-order valence-electron chi connectivity index (χ1n) is 4.05. The lowest BCUT2D eigenvalue weighted by Crippen LogP contribution is -2.20. The molecule has 1 rings (SSSR count). The molecule has 1 heterocycles. The molecular weight excluding hydrogens is 192 g/mol. The Morgan fingerprint density at radius 1 is 0.571 bits per heavy atom. The standard InChI is InChI=1S/C8H8O6/c9-5-1-2-6(10)14-8(12)4-3-7(11)13-5/h1-4H2. The van der Waals surface area contributed by atoms with Crippen LogP contribution in [-0.2, 0) is 28.7 Å². The van der Waals surface area contributed by atoms with Gasteiger partial charge in [-0.2, -0.15) is 0 Å². The fraction of sp³-hybridized carbons (Fsp3) is 0.500. The molecule has 0 radical (unpaired) electrons. The lowest BCUT2D eigenvalue weighted by Gasteiger charge is -2.06. The predicted octanol–water partition coefficient (Wildman–Crippen LogP) is -0.300. The Hall–Kier alpha value is -1.72. The Labute approximate surface area is 79.2 Å². The number of carbonyl (C=O) groups is 4. The van der Waals surface area contributed by atoms with Gasteiger partial charge in [-0.05, 0) is 0 Å². The number of esters is 4. The highest BCUT2D eigenvalue weighted by Crippen LogP contribution is 2.04. The number of ether oxygens (including phenoxy) is 2. The van der Waals surface area contributed by atoms with Crippen LogP contribution in [0.15, 0.2) is 0 Å². The molecule has 0 bridgehead atoms. The summed E-state index contributed by atoms with van der Waals surface area (Å²) in [7, 11) is 0. The van der Waals surface area contributed by atoms with Gasteiger partial charge in [0, 0.05) is 0 Å². The molecule has 1 aliphatic heterocycles. The van der Waals surface area contributed by atoms with E-state index in [2.05, 4.69) is 9.47 Å². The number of carbonyl (C=O) groups excluding carboxylic acids is 4. The van der Waals surface area contributed by atoms with E-state index in [9.17, 15) is 19.2 Å². The molecule has 1 fully saturated rings. The topological polar surface area (TPSA) is 86.7 Å². The summed E-state index contributed by atoms with van der Waals surface area (Å²) in [4.78, 5) is 43.2. The van der Waals surface area contributed by atoms with Crippen LogP contribution < -0.4 is 0 Å². The van der Waals surface area contributed by atoms with E-state index in [-0.39, 0.29) is 25.7 Å². The van der Waals surface area contributed by atoms with Gasteiger partial charge in [-0.1, -0.05) is 0 Å². The summed E-state index contributed by atoms with van der Waals surface area (Å²) in [6.45, 7) is 0. The van der Waals surface area contributed by atoms with E-state index in [0.29, 0.717) is 0 Å². The Kier molecular flexibility index (Phi) is 3.33. The molecule has 6 nitrogen and oxygen atoms in total. The zero-order valence-electron chi connectivity index (χ0n) is 7.28. The predicted molar refractivity (Wildman–Crippen MR) is 40.7 cm³/mol. The van der Waals surface area contributed by atoms with E-state index < -0.39 is 23.9 Å². The minimum absolute atomic E-state index is 0.252. The largest absolute Gasteiger partial charge is 0.393 e. The number of cyclic esters (lactones) is 4. The third-order valence-corrected chi connectivity index (χ3v) is 1.52. The van der Waals surface area contributed by atoms with E-state index in [0.717, 1.165) is 0 Å². The molecule has 1 aliphatic rings. The van der Waals surface area contributed by atoms with Crippen LogP contribution in [0, 0.1) is 0 Å². The molecule has 76 valence electrons. The molecule has 0 spiro atoms. The molecule has 0 aliphatic carbocycles. The fourth-order valence-corrected chi connectivity index (χ4v) is 0.866. The quantitative estimate of drug-likeness (QED) is 0.394. The average molecular weight is 200 g/mol. The summed E-state index contributed by atoms with van der Waals surface area (Å²) in [6, 6.07) is 0. The second-order valence-electron chi connectivity index (χ2n) is 2.69. The SMILES string of the molecule is O=C1CCC(=O)OC(=O)CCC(=O)O1. The molecule has 14 heavy (non-hydrogen) atoms. The Balaban J connectivity index is 2.59. The number of hydrogen-bond donors (Lipinski definition) is 0. The van der Waals surface area contributed by atoms with Crippen LogP contribution in [0.2, 0.25) is 0 Å². The maximum atomic E-state index is 10.8. The summed E-state index contributed by atoms with van der Waals surface area (Å²) in [5.74, 6) is -3.11. The first-order chi connectivity index (χ1) is 6.58. The highest BCUT2D eigenvalue weighted by Gasteiger charge is 2.19. The highest BCUT2D eigenvalue weighted by atomic mass is 16.6. The van der Waals surface area contributed by atoms with Crippen molar-refractivity contribution in [2.75, 3.05) is 0 Å². The molecule has 0 N–H and O–H groups in total. The van der Waals surface area contributed by atoms with Crippen LogP contribution in [0.4, 0.5) is 0 Å². The molecule has 0 amide bonds. The van der Waals surface area contributed by atoms with Crippen molar-refractivity contribution in [2.24, 2.45) is 0 Å². The molecule has 0 aromatic heterocycles. The van der Waals surface area contributed by atoms with E-state index in [1.165, 1.54) is 0 Å². The summed E-state index contributed by atoms with van der Waals surface area (Å²) < 4.78 is 8.57. The monoisotopic (exact) mass is 200 g/mol. The number of hydrogen-bond acceptors (Lipinski definition) is 6. The van der Waals surface area contributed by atoms with Gasteiger partial charge in [-0.15, -0.1) is 0 Å². The van der Waals surface area contributed by atoms with Crippen LogP contribution >= 0.6 is 0 Å². The Bertz CT molecular complexity index is 234. The Morgan fingerprint density at radius 3 is 1.00 bits per heavy atom. The van der Waals surface area contributed by atoms with E-state index in [4.69, 9.17) is 0 Å². The maximum absolute atomic E-state index is 10.8. The molecular formula is C8H8O6. The first-order valence-corrected chi connectivity index (χ1v) is 4.05. The normalized spacial score (nSPS) is 20.0. The fourth-order valence-electron chi connectivity index (χ4n) is 0.866. The highest BCUT2D eigenvalue weighted by molar-refractivity contribution is 5.93. The van der Waals surface area contributed by atoms with E-state index in [1.807, 2.05) is 0 Å². The first kappa shape index (κ1) is 10.4. The van der Waals surface area contributed by atoms with Gasteiger partial charge in [0.05, 0.1) is 25.7 Å². The van der Waals surface area contributed by atoms with Crippen LogP contribution in [0.5, 0.6) is 0 Å². The number of rotatable bonds is 0. The van der Waals surface area contributed by atoms with Crippen molar-refractivity contribution >= 4 is 23.9 Å². The third-order valence-electron chi connectivity index (χ3n) is 1.52. The van der Waals surface area contributed by atoms with Crippen molar-refractivity contribution < 1.29 is 28.7 Å². The van der Waals surface area contributed by atoms with Crippen LogP contribution in [-0.4, -0.2) is 23.9 Å². The second kappa shape index (κ2) is 4.50. The molecule has 0 unspecified atom stereocenters. The summed E-state index contributed by atoms with van der Waals surface area (Å²) >= 11 is 0. The van der Waals surface area contributed by atoms with Crippen molar-refractivity contribution in [3.63, 3.8) is 0 Å². The van der Waals surface area contributed by atoms with Crippen molar-refractivity contribution in [1.82, 2.24) is 0 Å². The van der Waals surface area contributed by atoms with Crippen molar-refractivity contribution in [2.45, 2.75) is 25.7 Å². The molecule has 1 saturated heterocycles. The smallest absolute Gasteiger partial charge is 0.314 e. The van der Waals surface area contributed by atoms with Crippen LogP contribution in [0.25, 0.3) is 0 Å². The van der Waals surface area contributed by atoms with E-state index >= 15 is 0 Å². The summed E-state index contributed by atoms with van der Waals surface area (Å²) in [6.07, 6.45) is -1.01. The van der Waals surface area contributed by atoms with Crippen LogP contribution in [0.1, 0.15) is 25.7 Å². The lowest BCUT2D eigenvalue weighted by atomic mass is 10.3. The zero-order valence-corrected chi connectivity index (χ0v) is 7.28. The van der Waals surface area contributed by atoms with Gasteiger partial charge in [0.25, 0.3) is 0 Å². The van der Waals surface area contributed by atoms with Gasteiger partial charge in [0.15, 0.2) is 0 Å². The van der Waals surface area contributed by atoms with Gasteiger partial charge >= 0.3 is 23.9 Å². The zero-order chi connectivity index (χ0) is 10.6. The Morgan fingerprint density at radius 2 is 0.786 bits per heavy atom. The van der Waals surface area contributed by atoms with Gasteiger partial charge in [0.1, 0.15) is 0 Å². The van der Waals surface area contributed by atoms with Gasteiger partial charge in [-0.25, -0.2) is 0 Å². The van der Waals surface area contributed by atoms with E-state index in [1.54, 1.807) is 0 Å². The minimum atomic E-state index is -0.777. The summed E-state index contributed by atoms with van der Waals surface area (Å²) in [5, 5.41) is 0. The van der Waals surface area contributed by atoms with Gasteiger partial charge < -0.3 is 9.47 Å². The van der Waals surface area contributed by atoms with Crippen molar-refractivity contribution in [1.29, 1.82) is 0 Å². The van der Waals surface area contributed by atoms with Crippen LogP contribution in [0.3, 0.4) is 0 Å². The lowest BCUT2D eigenvalue weighted by molar-refractivity contribution is -0.168. The van der Waals surface area contributed by atoms with Crippen molar-refractivity contribution in [3.05, 3.63) is 0 Å². The minimum Gasteiger partial charge on any atom is -0.393 e. The average Bonchev–Trinajstić information content (AvgIpc) is 2.11. The molecule has 0 aromatic carbocycles. The molecule has 0 atom stereocenters.